The maximum Gasteiger partial charge on any atom is 0.303 e. The molecular weight excluding hydrogens is 489 g/mol. The Morgan fingerprint density at radius 3 is 2.60 bits per heavy atom. The van der Waals surface area contributed by atoms with Crippen molar-refractivity contribution in [1.29, 1.82) is 0 Å². The number of anilines is 1. The van der Waals surface area contributed by atoms with Crippen LogP contribution in [0.15, 0.2) is 52.6 Å². The number of aromatic nitrogens is 3. The molecule has 0 amide bonds. The van der Waals surface area contributed by atoms with Crippen LogP contribution >= 0.6 is 23.2 Å². The van der Waals surface area contributed by atoms with Crippen molar-refractivity contribution in [3.8, 4) is 11.3 Å². The zero-order valence-electron chi connectivity index (χ0n) is 19.2. The standard InChI is InChI=1S/C24H25Cl2N7O2/c1-24(2,10-9-21(34)35)20-8-3-5-14(30-20)12-29-13-19(33-28)18-11-17(31-23(27)32-18)15-6-4-7-16(25)22(15)26/h3-8,11,13H,9-10,12,28H2,1-2H3,(H,34,35)(H2,27,31,32). The molecule has 0 spiro atoms. The second-order valence-electron chi connectivity index (χ2n) is 8.37. The Hall–Kier alpha value is -3.56. The Bertz CT molecular complexity index is 1290. The van der Waals surface area contributed by atoms with Gasteiger partial charge in [0.25, 0.3) is 0 Å². The van der Waals surface area contributed by atoms with Gasteiger partial charge in [0, 0.05) is 23.1 Å². The Kier molecular flexibility index (Phi) is 8.37. The third-order valence-corrected chi connectivity index (χ3v) is 6.12. The Morgan fingerprint density at radius 1 is 1.14 bits per heavy atom. The lowest BCUT2D eigenvalue weighted by molar-refractivity contribution is -0.137. The number of carboxylic acids is 1. The summed E-state index contributed by atoms with van der Waals surface area (Å²) in [7, 11) is 0. The summed E-state index contributed by atoms with van der Waals surface area (Å²) in [6.45, 7) is 4.19. The number of hydrogen-bond acceptors (Lipinski definition) is 8. The molecule has 0 saturated heterocycles. The van der Waals surface area contributed by atoms with Crippen LogP contribution in [0.25, 0.3) is 11.3 Å². The largest absolute Gasteiger partial charge is 0.481 e. The van der Waals surface area contributed by atoms with Gasteiger partial charge in [0.1, 0.15) is 5.71 Å². The van der Waals surface area contributed by atoms with Crippen LogP contribution < -0.4 is 11.6 Å². The number of hydrazone groups is 1. The van der Waals surface area contributed by atoms with Crippen LogP contribution in [0.5, 0.6) is 0 Å². The lowest BCUT2D eigenvalue weighted by Crippen LogP contribution is -2.20. The molecule has 3 rings (SSSR count). The molecule has 182 valence electrons. The van der Waals surface area contributed by atoms with Gasteiger partial charge in [-0.3, -0.25) is 14.8 Å². The lowest BCUT2D eigenvalue weighted by atomic mass is 9.84. The first-order valence-electron chi connectivity index (χ1n) is 10.7. The fourth-order valence-electron chi connectivity index (χ4n) is 3.32. The van der Waals surface area contributed by atoms with Crippen LogP contribution in [0.4, 0.5) is 5.95 Å². The van der Waals surface area contributed by atoms with Crippen LogP contribution in [-0.2, 0) is 16.8 Å². The Balaban J connectivity index is 1.81. The highest BCUT2D eigenvalue weighted by Gasteiger charge is 2.23. The van der Waals surface area contributed by atoms with E-state index in [1.54, 1.807) is 24.3 Å². The second kappa shape index (κ2) is 11.2. The van der Waals surface area contributed by atoms with Crippen molar-refractivity contribution >= 4 is 47.0 Å². The predicted octanol–water partition coefficient (Wildman–Crippen LogP) is 4.50. The van der Waals surface area contributed by atoms with Crippen molar-refractivity contribution in [2.24, 2.45) is 15.9 Å². The van der Waals surface area contributed by atoms with Crippen molar-refractivity contribution < 1.29 is 9.90 Å². The zero-order valence-corrected chi connectivity index (χ0v) is 20.8. The maximum atomic E-state index is 11.0. The van der Waals surface area contributed by atoms with E-state index in [1.165, 1.54) is 6.21 Å². The molecule has 0 aliphatic carbocycles. The van der Waals surface area contributed by atoms with Gasteiger partial charge in [0.15, 0.2) is 0 Å². The topological polar surface area (TPSA) is 153 Å². The fraction of sp³-hybridized carbons (Fsp3) is 0.250. The molecule has 0 aliphatic rings. The molecule has 0 bridgehead atoms. The molecular formula is C24H25Cl2N7O2. The van der Waals surface area contributed by atoms with E-state index in [0.717, 1.165) is 5.69 Å². The molecule has 0 atom stereocenters. The smallest absolute Gasteiger partial charge is 0.303 e. The summed E-state index contributed by atoms with van der Waals surface area (Å²) >= 11 is 12.5. The van der Waals surface area contributed by atoms with E-state index in [4.69, 9.17) is 39.9 Å². The highest BCUT2D eigenvalue weighted by atomic mass is 35.5. The molecule has 5 N–H and O–H groups in total. The fourth-order valence-corrected chi connectivity index (χ4v) is 3.72. The summed E-state index contributed by atoms with van der Waals surface area (Å²) in [4.78, 5) is 28.5. The van der Waals surface area contributed by atoms with Crippen LogP contribution in [0.2, 0.25) is 10.0 Å². The number of halogens is 2. The van der Waals surface area contributed by atoms with Gasteiger partial charge in [0.2, 0.25) is 5.95 Å². The summed E-state index contributed by atoms with van der Waals surface area (Å²) in [5, 5.41) is 13.5. The molecule has 0 aliphatic heterocycles. The first kappa shape index (κ1) is 26.1. The number of nitrogens with two attached hydrogens (primary N) is 2. The molecule has 0 saturated carbocycles. The monoisotopic (exact) mass is 513 g/mol. The third-order valence-electron chi connectivity index (χ3n) is 5.30. The average Bonchev–Trinajstić information content (AvgIpc) is 2.82. The normalized spacial score (nSPS) is 12.3. The lowest BCUT2D eigenvalue weighted by Gasteiger charge is -2.23. The SMILES string of the molecule is CC(C)(CCC(=O)O)c1cccc(CN=CC(=NN)c2cc(-c3cccc(Cl)c3Cl)nc(N)n2)n1. The number of carbonyl (C=O) groups is 1. The zero-order chi connectivity index (χ0) is 25.6. The average molecular weight is 514 g/mol. The molecule has 1 aromatic carbocycles. The van der Waals surface area contributed by atoms with Gasteiger partial charge < -0.3 is 16.7 Å². The molecule has 0 radical (unpaired) electrons. The highest BCUT2D eigenvalue weighted by Crippen LogP contribution is 2.33. The highest BCUT2D eigenvalue weighted by molar-refractivity contribution is 6.43. The molecule has 9 nitrogen and oxygen atoms in total. The van der Waals surface area contributed by atoms with Gasteiger partial charge in [-0.15, -0.1) is 0 Å². The van der Waals surface area contributed by atoms with Crippen molar-refractivity contribution in [1.82, 2.24) is 15.0 Å². The predicted molar refractivity (Wildman–Crippen MR) is 139 cm³/mol. The number of pyridine rings is 1. The van der Waals surface area contributed by atoms with Crippen molar-refractivity contribution in [3.63, 3.8) is 0 Å². The molecule has 0 unspecified atom stereocenters. The van der Waals surface area contributed by atoms with E-state index < -0.39 is 11.4 Å². The third kappa shape index (κ3) is 6.74. The number of carboxylic acid groups (broad SMARTS) is 1. The number of hydrogen-bond donors (Lipinski definition) is 3. The Labute approximate surface area is 212 Å². The second-order valence-corrected chi connectivity index (χ2v) is 9.16. The minimum Gasteiger partial charge on any atom is -0.481 e. The summed E-state index contributed by atoms with van der Waals surface area (Å²) in [5.74, 6) is 4.78. The van der Waals surface area contributed by atoms with Gasteiger partial charge in [-0.1, -0.05) is 55.2 Å². The van der Waals surface area contributed by atoms with Crippen LogP contribution in [-0.4, -0.2) is 38.0 Å². The first-order chi connectivity index (χ1) is 16.6. The van der Waals surface area contributed by atoms with Crippen molar-refractivity contribution in [2.75, 3.05) is 5.73 Å². The summed E-state index contributed by atoms with van der Waals surface area (Å²) < 4.78 is 0. The number of nitrogens with zero attached hydrogens (tertiary/aromatic N) is 5. The minimum atomic E-state index is -0.835. The van der Waals surface area contributed by atoms with E-state index in [-0.39, 0.29) is 24.6 Å². The molecule has 2 heterocycles. The summed E-state index contributed by atoms with van der Waals surface area (Å²) in [6, 6.07) is 12.4. The number of benzene rings is 1. The minimum absolute atomic E-state index is 0.0149. The van der Waals surface area contributed by atoms with Gasteiger partial charge in [-0.2, -0.15) is 5.10 Å². The van der Waals surface area contributed by atoms with Crippen molar-refractivity contribution in [3.05, 3.63) is 69.6 Å². The van der Waals surface area contributed by atoms with Gasteiger partial charge in [-0.05, 0) is 30.7 Å². The number of rotatable bonds is 9. The number of aliphatic carboxylic acids is 1. The quantitative estimate of drug-likeness (QED) is 0.216. The van der Waals surface area contributed by atoms with E-state index in [1.807, 2.05) is 32.0 Å². The maximum absolute atomic E-state index is 11.0. The number of aliphatic imine (C=N–C) groups is 1. The van der Waals surface area contributed by atoms with E-state index in [2.05, 4.69) is 25.0 Å². The van der Waals surface area contributed by atoms with Gasteiger partial charge in [-0.25, -0.2) is 9.97 Å². The van der Waals surface area contributed by atoms with Gasteiger partial charge >= 0.3 is 5.97 Å². The molecule has 0 fully saturated rings. The summed E-state index contributed by atoms with van der Waals surface area (Å²) in [5.41, 5.74) is 8.75. The van der Waals surface area contributed by atoms with Gasteiger partial charge in [0.05, 0.1) is 39.9 Å². The van der Waals surface area contributed by atoms with Crippen LogP contribution in [0.3, 0.4) is 0 Å². The molecule has 3 aromatic rings. The van der Waals surface area contributed by atoms with E-state index >= 15 is 0 Å². The first-order valence-corrected chi connectivity index (χ1v) is 11.4. The summed E-state index contributed by atoms with van der Waals surface area (Å²) in [6.07, 6.45) is 2.02. The number of nitrogen functional groups attached to an aromatic ring is 1. The van der Waals surface area contributed by atoms with Crippen molar-refractivity contribution in [2.45, 2.75) is 38.6 Å². The molecule has 11 heteroatoms. The molecule has 35 heavy (non-hydrogen) atoms. The van der Waals surface area contributed by atoms with E-state index in [9.17, 15) is 4.79 Å². The van der Waals surface area contributed by atoms with Crippen LogP contribution in [0.1, 0.15) is 43.8 Å². The van der Waals surface area contributed by atoms with E-state index in [0.29, 0.717) is 39.1 Å². The molecule has 2 aromatic heterocycles. The van der Waals surface area contributed by atoms with Crippen LogP contribution in [0, 0.1) is 0 Å². The Morgan fingerprint density at radius 2 is 1.89 bits per heavy atom.